The zero-order valence-electron chi connectivity index (χ0n) is 15.0. The first-order valence-electron chi connectivity index (χ1n) is 8.93. The molecule has 1 fully saturated rings. The van der Waals surface area contributed by atoms with Crippen LogP contribution in [-0.4, -0.2) is 43.0 Å². The van der Waals surface area contributed by atoms with Crippen LogP contribution in [0.25, 0.3) is 11.1 Å². The Morgan fingerprint density at radius 2 is 2.07 bits per heavy atom. The Balaban J connectivity index is 1.74. The topological polar surface area (TPSA) is 103 Å². The molecule has 0 bridgehead atoms. The van der Waals surface area contributed by atoms with Crippen LogP contribution >= 0.6 is 0 Å². The molecule has 2 aromatic rings. The Morgan fingerprint density at radius 3 is 2.79 bits per heavy atom. The number of rotatable bonds is 2. The molecule has 2 aliphatic heterocycles. The molecule has 1 aromatic heterocycles. The first kappa shape index (κ1) is 17.4. The van der Waals surface area contributed by atoms with Crippen molar-refractivity contribution >= 4 is 27.0 Å². The maximum absolute atomic E-state index is 12.3. The van der Waals surface area contributed by atoms with E-state index < -0.39 is 21.2 Å². The molecule has 0 unspecified atom stereocenters. The summed E-state index contributed by atoms with van der Waals surface area (Å²) in [6.07, 6.45) is 3.55. The van der Waals surface area contributed by atoms with Crippen LogP contribution < -0.4 is 5.43 Å². The van der Waals surface area contributed by atoms with E-state index in [1.54, 1.807) is 12.1 Å². The molecule has 8 heteroatoms. The standard InChI is InChI=1S/C20H17NO6S/c1-28(25,26)11-2-3-12-10(6-11)7-13-16-8-17(22)14(20(23)24)9-21(16)15-4-5-27-19(15)18(12)13/h2-3,6,8-9,15,19H,4-5,7H2,1H3,(H,23,24)/t15-,19+/m1/s1. The Kier molecular flexibility index (Phi) is 3.51. The van der Waals surface area contributed by atoms with Crippen molar-refractivity contribution < 1.29 is 23.1 Å². The number of ether oxygens (including phenoxy) is 1. The minimum absolute atomic E-state index is 0.0898. The van der Waals surface area contributed by atoms with Gasteiger partial charge in [-0.3, -0.25) is 4.79 Å². The molecule has 0 saturated carbocycles. The van der Waals surface area contributed by atoms with Crippen LogP contribution in [0.1, 0.15) is 39.6 Å². The van der Waals surface area contributed by atoms with E-state index in [9.17, 15) is 23.1 Å². The van der Waals surface area contributed by atoms with Gasteiger partial charge in [-0.1, -0.05) is 6.07 Å². The van der Waals surface area contributed by atoms with Gasteiger partial charge in [0.1, 0.15) is 11.7 Å². The molecule has 28 heavy (non-hydrogen) atoms. The summed E-state index contributed by atoms with van der Waals surface area (Å²) in [5, 5.41) is 9.33. The lowest BCUT2D eigenvalue weighted by Gasteiger charge is -2.32. The van der Waals surface area contributed by atoms with Gasteiger partial charge in [-0.2, -0.15) is 0 Å². The van der Waals surface area contributed by atoms with E-state index in [-0.39, 0.29) is 22.6 Å². The highest BCUT2D eigenvalue weighted by molar-refractivity contribution is 7.90. The number of hydrogen-bond acceptors (Lipinski definition) is 5. The zero-order valence-corrected chi connectivity index (χ0v) is 15.8. The summed E-state index contributed by atoms with van der Waals surface area (Å²) in [5.74, 6) is -1.25. The first-order chi connectivity index (χ1) is 13.3. The summed E-state index contributed by atoms with van der Waals surface area (Å²) < 4.78 is 31.7. The van der Waals surface area contributed by atoms with E-state index in [0.29, 0.717) is 25.1 Å². The third-order valence-corrected chi connectivity index (χ3v) is 6.92. The van der Waals surface area contributed by atoms with E-state index in [4.69, 9.17) is 4.74 Å². The fraction of sp³-hybridized carbons (Fsp3) is 0.300. The second-order valence-corrected chi connectivity index (χ2v) is 9.47. The van der Waals surface area contributed by atoms with Gasteiger partial charge in [0.05, 0.1) is 10.9 Å². The van der Waals surface area contributed by atoms with Crippen molar-refractivity contribution in [1.82, 2.24) is 4.57 Å². The largest absolute Gasteiger partial charge is 0.477 e. The first-order valence-corrected chi connectivity index (χ1v) is 10.8. The fourth-order valence-electron chi connectivity index (χ4n) is 4.58. The molecule has 0 amide bonds. The van der Waals surface area contributed by atoms with E-state index in [2.05, 4.69) is 0 Å². The Hall–Kier alpha value is -2.71. The second-order valence-electron chi connectivity index (χ2n) is 7.46. The molecule has 1 saturated heterocycles. The Bertz CT molecular complexity index is 1250. The smallest absolute Gasteiger partial charge is 0.341 e. The van der Waals surface area contributed by atoms with Gasteiger partial charge in [0.15, 0.2) is 15.3 Å². The van der Waals surface area contributed by atoms with Crippen molar-refractivity contribution in [1.29, 1.82) is 0 Å². The molecule has 1 N–H and O–H groups in total. The van der Waals surface area contributed by atoms with Crippen LogP contribution in [0.2, 0.25) is 0 Å². The SMILES string of the molecule is CS(=O)(=O)c1ccc2c(c1)CC1=C2[C@H]2OCC[C@H]2n2cc(C(=O)O)c(=O)cc21. The normalized spacial score (nSPS) is 22.5. The number of benzene rings is 1. The molecule has 1 aliphatic carbocycles. The van der Waals surface area contributed by atoms with Crippen LogP contribution in [0.3, 0.4) is 0 Å². The van der Waals surface area contributed by atoms with Gasteiger partial charge >= 0.3 is 5.97 Å². The highest BCUT2D eigenvalue weighted by atomic mass is 32.2. The predicted octanol–water partition coefficient (Wildman–Crippen LogP) is 1.76. The minimum atomic E-state index is -3.33. The molecule has 2 atom stereocenters. The molecule has 0 spiro atoms. The number of aromatic nitrogens is 1. The van der Waals surface area contributed by atoms with Crippen molar-refractivity contribution in [3.63, 3.8) is 0 Å². The fourth-order valence-corrected chi connectivity index (χ4v) is 5.25. The molecule has 144 valence electrons. The number of pyridine rings is 1. The zero-order chi connectivity index (χ0) is 19.8. The van der Waals surface area contributed by atoms with Crippen molar-refractivity contribution in [3.05, 3.63) is 63.1 Å². The number of sulfone groups is 1. The minimum Gasteiger partial charge on any atom is -0.477 e. The molecule has 7 nitrogen and oxygen atoms in total. The third kappa shape index (κ3) is 2.34. The number of allylic oxidation sites excluding steroid dienone is 1. The lowest BCUT2D eigenvalue weighted by atomic mass is 9.89. The highest BCUT2D eigenvalue weighted by Gasteiger charge is 2.43. The summed E-state index contributed by atoms with van der Waals surface area (Å²) in [6, 6.07) is 6.39. The second kappa shape index (κ2) is 5.65. The third-order valence-electron chi connectivity index (χ3n) is 5.81. The summed E-state index contributed by atoms with van der Waals surface area (Å²) in [5.41, 5.74) is 3.61. The van der Waals surface area contributed by atoms with Gasteiger partial charge in [0.2, 0.25) is 0 Å². The molecular weight excluding hydrogens is 382 g/mol. The monoisotopic (exact) mass is 399 g/mol. The van der Waals surface area contributed by atoms with E-state index in [0.717, 1.165) is 22.3 Å². The van der Waals surface area contributed by atoms with Crippen molar-refractivity contribution in [2.75, 3.05) is 12.9 Å². The van der Waals surface area contributed by atoms with Crippen molar-refractivity contribution in [3.8, 4) is 0 Å². The maximum atomic E-state index is 12.3. The molecule has 3 heterocycles. The van der Waals surface area contributed by atoms with Gasteiger partial charge in [-0.05, 0) is 40.8 Å². The van der Waals surface area contributed by atoms with Gasteiger partial charge in [-0.25, -0.2) is 13.2 Å². The molecule has 0 radical (unpaired) electrons. The average molecular weight is 399 g/mol. The molecular formula is C20H17NO6S. The lowest BCUT2D eigenvalue weighted by Crippen LogP contribution is -2.31. The van der Waals surface area contributed by atoms with Crippen LogP contribution in [0.5, 0.6) is 0 Å². The lowest BCUT2D eigenvalue weighted by molar-refractivity contribution is 0.0693. The van der Waals surface area contributed by atoms with Crippen LogP contribution in [-0.2, 0) is 21.0 Å². The van der Waals surface area contributed by atoms with Crippen LogP contribution in [0.4, 0.5) is 0 Å². The van der Waals surface area contributed by atoms with Gasteiger partial charge in [0.25, 0.3) is 0 Å². The van der Waals surface area contributed by atoms with Crippen LogP contribution in [0, 0.1) is 0 Å². The summed E-state index contributed by atoms with van der Waals surface area (Å²) >= 11 is 0. The number of hydrogen-bond donors (Lipinski definition) is 1. The quantitative estimate of drug-likeness (QED) is 0.826. The number of aromatic carboxylic acids is 1. The molecule has 3 aliphatic rings. The van der Waals surface area contributed by atoms with Gasteiger partial charge < -0.3 is 14.4 Å². The van der Waals surface area contributed by atoms with E-state index in [1.807, 2.05) is 10.6 Å². The van der Waals surface area contributed by atoms with E-state index >= 15 is 0 Å². The van der Waals surface area contributed by atoms with Crippen LogP contribution in [0.15, 0.2) is 40.2 Å². The number of carboxylic acid groups (broad SMARTS) is 1. The van der Waals surface area contributed by atoms with Crippen molar-refractivity contribution in [2.24, 2.45) is 0 Å². The summed E-state index contributed by atoms with van der Waals surface area (Å²) in [7, 11) is -3.33. The van der Waals surface area contributed by atoms with Gasteiger partial charge in [0, 0.05) is 37.2 Å². The number of nitrogens with zero attached hydrogens (tertiary/aromatic N) is 1. The van der Waals surface area contributed by atoms with Gasteiger partial charge in [-0.15, -0.1) is 0 Å². The average Bonchev–Trinajstić information content (AvgIpc) is 3.24. The summed E-state index contributed by atoms with van der Waals surface area (Å²) in [6.45, 7) is 0.539. The number of carboxylic acids is 1. The molecule has 5 rings (SSSR count). The summed E-state index contributed by atoms with van der Waals surface area (Å²) in [4.78, 5) is 24.0. The molecule has 1 aromatic carbocycles. The number of fused-ring (bicyclic) bond motifs is 7. The Morgan fingerprint density at radius 1 is 1.29 bits per heavy atom. The highest BCUT2D eigenvalue weighted by Crippen LogP contribution is 2.50. The number of carbonyl (C=O) groups is 1. The van der Waals surface area contributed by atoms with E-state index in [1.165, 1.54) is 18.5 Å². The Labute approximate surface area is 160 Å². The maximum Gasteiger partial charge on any atom is 0.341 e. The predicted molar refractivity (Wildman–Crippen MR) is 101 cm³/mol. The van der Waals surface area contributed by atoms with Crippen molar-refractivity contribution in [2.45, 2.75) is 29.9 Å².